The van der Waals surface area contributed by atoms with Crippen molar-refractivity contribution in [1.82, 2.24) is 25.7 Å². The fraction of sp³-hybridized carbons (Fsp3) is 0.526. The second-order valence-corrected chi connectivity index (χ2v) is 7.35. The van der Waals surface area contributed by atoms with E-state index in [0.717, 1.165) is 24.2 Å². The molecule has 0 saturated carbocycles. The van der Waals surface area contributed by atoms with Gasteiger partial charge in [0.1, 0.15) is 6.04 Å². The first-order valence-corrected chi connectivity index (χ1v) is 9.21. The maximum atomic E-state index is 12.2. The highest BCUT2D eigenvalue weighted by atomic mass is 16.5. The Kier molecular flexibility index (Phi) is 5.76. The van der Waals surface area contributed by atoms with Crippen molar-refractivity contribution in [3.8, 4) is 11.4 Å². The summed E-state index contributed by atoms with van der Waals surface area (Å²) in [6.07, 6.45) is 1.28. The molecule has 0 aliphatic carbocycles. The van der Waals surface area contributed by atoms with Gasteiger partial charge in [-0.15, -0.1) is 0 Å². The zero-order chi connectivity index (χ0) is 19.4. The smallest absolute Gasteiger partial charge is 0.315 e. The van der Waals surface area contributed by atoms with Crippen molar-refractivity contribution in [3.05, 3.63) is 35.7 Å². The lowest BCUT2D eigenvalue weighted by atomic mass is 9.92. The van der Waals surface area contributed by atoms with Crippen molar-refractivity contribution >= 4 is 6.03 Å². The third-order valence-corrected chi connectivity index (χ3v) is 5.04. The molecule has 1 aromatic heterocycles. The predicted octanol–water partition coefficient (Wildman–Crippen LogP) is 1.86. The number of aromatic nitrogens is 2. The molecule has 1 aliphatic heterocycles. The van der Waals surface area contributed by atoms with Gasteiger partial charge in [0, 0.05) is 25.2 Å². The number of carbonyl (C=O) groups excluding carboxylic acids is 1. The molecule has 8 heteroatoms. The van der Waals surface area contributed by atoms with Crippen LogP contribution in [0.15, 0.2) is 28.8 Å². The fourth-order valence-electron chi connectivity index (χ4n) is 3.11. The largest absolute Gasteiger partial charge is 0.388 e. The number of nitrogens with zero attached hydrogens (tertiary/aromatic N) is 3. The molecule has 8 nitrogen and oxygen atoms in total. The monoisotopic (exact) mass is 373 g/mol. The van der Waals surface area contributed by atoms with E-state index < -0.39 is 11.6 Å². The van der Waals surface area contributed by atoms with Crippen molar-refractivity contribution in [2.45, 2.75) is 38.3 Å². The highest BCUT2D eigenvalue weighted by Crippen LogP contribution is 2.22. The van der Waals surface area contributed by atoms with Crippen LogP contribution in [0.25, 0.3) is 11.4 Å². The van der Waals surface area contributed by atoms with Gasteiger partial charge in [0.05, 0.1) is 5.60 Å². The van der Waals surface area contributed by atoms with Gasteiger partial charge in [-0.25, -0.2) is 4.79 Å². The number of hydrogen-bond donors (Lipinski definition) is 3. The summed E-state index contributed by atoms with van der Waals surface area (Å²) in [7, 11) is 2.02. The Morgan fingerprint density at radius 2 is 2.07 bits per heavy atom. The highest BCUT2D eigenvalue weighted by Gasteiger charge is 2.31. The molecule has 0 radical (unpaired) electrons. The number of nitrogens with one attached hydrogen (secondary N) is 2. The number of piperidine rings is 1. The summed E-state index contributed by atoms with van der Waals surface area (Å²) in [6, 6.07) is 6.96. The van der Waals surface area contributed by atoms with E-state index in [-0.39, 0.29) is 12.6 Å². The molecule has 2 heterocycles. The molecular weight excluding hydrogens is 346 g/mol. The van der Waals surface area contributed by atoms with Crippen LogP contribution >= 0.6 is 0 Å². The molecule has 1 atom stereocenters. The van der Waals surface area contributed by atoms with Crippen LogP contribution in [0.4, 0.5) is 4.79 Å². The molecule has 2 amide bonds. The zero-order valence-electron chi connectivity index (χ0n) is 16.0. The fourth-order valence-corrected chi connectivity index (χ4v) is 3.11. The molecule has 2 aromatic rings. The molecule has 27 heavy (non-hydrogen) atoms. The van der Waals surface area contributed by atoms with E-state index in [4.69, 9.17) is 4.52 Å². The van der Waals surface area contributed by atoms with Gasteiger partial charge in [-0.2, -0.15) is 4.98 Å². The van der Waals surface area contributed by atoms with Crippen LogP contribution < -0.4 is 10.6 Å². The molecule has 3 rings (SSSR count). The van der Waals surface area contributed by atoms with Gasteiger partial charge < -0.3 is 25.2 Å². The van der Waals surface area contributed by atoms with Crippen molar-refractivity contribution in [3.63, 3.8) is 0 Å². The number of hydrogen-bond acceptors (Lipinski definition) is 6. The molecule has 0 bridgehead atoms. The third-order valence-electron chi connectivity index (χ3n) is 5.04. The van der Waals surface area contributed by atoms with Crippen molar-refractivity contribution in [2.75, 3.05) is 26.7 Å². The van der Waals surface area contributed by atoms with Gasteiger partial charge in [-0.1, -0.05) is 29.4 Å². The van der Waals surface area contributed by atoms with Crippen LogP contribution in [-0.4, -0.2) is 58.5 Å². The minimum atomic E-state index is -0.852. The van der Waals surface area contributed by atoms with Gasteiger partial charge in [-0.05, 0) is 39.3 Å². The van der Waals surface area contributed by atoms with E-state index in [1.807, 2.05) is 38.2 Å². The van der Waals surface area contributed by atoms with Crippen LogP contribution in [0.5, 0.6) is 0 Å². The maximum Gasteiger partial charge on any atom is 0.315 e. The summed E-state index contributed by atoms with van der Waals surface area (Å²) in [4.78, 5) is 18.7. The summed E-state index contributed by atoms with van der Waals surface area (Å²) < 4.78 is 5.30. The Balaban J connectivity index is 1.54. The Morgan fingerprint density at radius 3 is 2.78 bits per heavy atom. The molecule has 1 fully saturated rings. The first-order valence-electron chi connectivity index (χ1n) is 9.21. The predicted molar refractivity (Wildman–Crippen MR) is 101 cm³/mol. The average Bonchev–Trinajstić information content (AvgIpc) is 3.13. The normalized spacial score (nSPS) is 18.1. The lowest BCUT2D eigenvalue weighted by Gasteiger charge is -2.36. The van der Waals surface area contributed by atoms with Gasteiger partial charge in [0.15, 0.2) is 0 Å². The van der Waals surface area contributed by atoms with Gasteiger partial charge in [-0.3, -0.25) is 0 Å². The summed E-state index contributed by atoms with van der Waals surface area (Å²) in [5.41, 5.74) is 1.10. The second kappa shape index (κ2) is 8.06. The third kappa shape index (κ3) is 4.84. The van der Waals surface area contributed by atoms with Crippen molar-refractivity contribution in [2.24, 2.45) is 0 Å². The van der Waals surface area contributed by atoms with Crippen LogP contribution in [0.2, 0.25) is 0 Å². The van der Waals surface area contributed by atoms with E-state index in [1.54, 1.807) is 6.92 Å². The number of amides is 2. The van der Waals surface area contributed by atoms with Crippen molar-refractivity contribution in [1.29, 1.82) is 0 Å². The number of aliphatic hydroxyl groups is 1. The minimum absolute atomic E-state index is 0.220. The maximum absolute atomic E-state index is 12.2. The quantitative estimate of drug-likeness (QED) is 0.739. The first kappa shape index (κ1) is 19.3. The molecule has 1 aromatic carbocycles. The molecule has 1 aliphatic rings. The number of benzene rings is 1. The zero-order valence-corrected chi connectivity index (χ0v) is 16.0. The molecule has 0 unspecified atom stereocenters. The highest BCUT2D eigenvalue weighted by molar-refractivity contribution is 5.74. The average molecular weight is 373 g/mol. The topological polar surface area (TPSA) is 104 Å². The molecule has 146 valence electrons. The van der Waals surface area contributed by atoms with Crippen LogP contribution in [0, 0.1) is 6.92 Å². The van der Waals surface area contributed by atoms with Crippen LogP contribution in [-0.2, 0) is 0 Å². The number of rotatable bonds is 5. The van der Waals surface area contributed by atoms with Gasteiger partial charge >= 0.3 is 6.03 Å². The van der Waals surface area contributed by atoms with E-state index in [9.17, 15) is 9.90 Å². The standard InChI is InChI=1S/C19H27N5O3/c1-13-6-4-5-7-15(13)16-22-17(27-23-16)14(2)21-18(25)20-12-19(26)8-10-24(3)11-9-19/h4-7,14,26H,8-12H2,1-3H3,(H2,20,21,25)/t14-/m0/s1. The summed E-state index contributed by atoms with van der Waals surface area (Å²) >= 11 is 0. The van der Waals surface area contributed by atoms with Crippen molar-refractivity contribution < 1.29 is 14.4 Å². The number of aryl methyl sites for hydroxylation is 1. The van der Waals surface area contributed by atoms with Crippen LogP contribution in [0.3, 0.4) is 0 Å². The number of urea groups is 1. The molecule has 0 spiro atoms. The van der Waals surface area contributed by atoms with Gasteiger partial charge in [0.2, 0.25) is 11.7 Å². The Hall–Kier alpha value is -2.45. The minimum Gasteiger partial charge on any atom is -0.388 e. The SMILES string of the molecule is Cc1ccccc1-c1noc([C@H](C)NC(=O)NCC2(O)CCN(C)CC2)n1. The Labute approximate surface area is 158 Å². The Bertz CT molecular complexity index is 783. The first-order chi connectivity index (χ1) is 12.9. The summed E-state index contributed by atoms with van der Waals surface area (Å²) in [6.45, 7) is 5.62. The number of carbonyl (C=O) groups is 1. The summed E-state index contributed by atoms with van der Waals surface area (Å²) in [5, 5.41) is 20.1. The van der Waals surface area contributed by atoms with E-state index in [0.29, 0.717) is 24.6 Å². The van der Waals surface area contributed by atoms with Crippen LogP contribution in [0.1, 0.15) is 37.3 Å². The van der Waals surface area contributed by atoms with E-state index in [1.165, 1.54) is 0 Å². The summed E-state index contributed by atoms with van der Waals surface area (Å²) in [5.74, 6) is 0.833. The molecular formula is C19H27N5O3. The lowest BCUT2D eigenvalue weighted by Crippen LogP contribution is -2.51. The number of likely N-dealkylation sites (tertiary alicyclic amines) is 1. The molecule has 3 N–H and O–H groups in total. The second-order valence-electron chi connectivity index (χ2n) is 7.35. The lowest BCUT2D eigenvalue weighted by molar-refractivity contribution is -0.0123. The van der Waals surface area contributed by atoms with Gasteiger partial charge in [0.25, 0.3) is 0 Å². The molecule has 1 saturated heterocycles. The van der Waals surface area contributed by atoms with E-state index in [2.05, 4.69) is 25.7 Å². The Morgan fingerprint density at radius 1 is 1.37 bits per heavy atom. The van der Waals surface area contributed by atoms with E-state index >= 15 is 0 Å².